The zero-order valence-corrected chi connectivity index (χ0v) is 15.8. The molecule has 1 aromatic rings. The standard InChI is InChI=1S/C16H27N5O3S/c1-11-13(10-17-20(11)2)14-9-15(21(3)25(23,24)19-14)16(22)18-12-7-5-4-6-8-12/h10,12,14-15,19H,4-9H2,1-3H3,(H,18,22). The van der Waals surface area contributed by atoms with Crippen LogP contribution in [-0.2, 0) is 22.1 Å². The lowest BCUT2D eigenvalue weighted by Gasteiger charge is -2.37. The molecule has 0 radical (unpaired) electrons. The Labute approximate surface area is 149 Å². The van der Waals surface area contributed by atoms with Gasteiger partial charge in [-0.25, -0.2) is 0 Å². The smallest absolute Gasteiger partial charge is 0.280 e. The Hall–Kier alpha value is -1.45. The summed E-state index contributed by atoms with van der Waals surface area (Å²) in [7, 11) is -0.443. The normalized spacial score (nSPS) is 28.0. The molecule has 2 atom stereocenters. The Balaban J connectivity index is 1.79. The number of likely N-dealkylation sites (N-methyl/N-ethyl adjacent to an activating group) is 1. The minimum Gasteiger partial charge on any atom is -0.352 e. The summed E-state index contributed by atoms with van der Waals surface area (Å²) in [5.74, 6) is -0.203. The summed E-state index contributed by atoms with van der Waals surface area (Å²) < 4.78 is 30.5. The summed E-state index contributed by atoms with van der Waals surface area (Å²) >= 11 is 0. The van der Waals surface area contributed by atoms with Crippen LogP contribution >= 0.6 is 0 Å². The van der Waals surface area contributed by atoms with Crippen molar-refractivity contribution in [3.63, 3.8) is 0 Å². The number of carbonyl (C=O) groups is 1. The van der Waals surface area contributed by atoms with Gasteiger partial charge in [0.2, 0.25) is 5.91 Å². The van der Waals surface area contributed by atoms with E-state index in [2.05, 4.69) is 15.1 Å². The third-order valence-corrected chi connectivity index (χ3v) is 7.07. The summed E-state index contributed by atoms with van der Waals surface area (Å²) in [4.78, 5) is 12.8. The fraction of sp³-hybridized carbons (Fsp3) is 0.750. The van der Waals surface area contributed by atoms with E-state index in [-0.39, 0.29) is 11.9 Å². The van der Waals surface area contributed by atoms with Crippen LogP contribution in [0.4, 0.5) is 0 Å². The lowest BCUT2D eigenvalue weighted by atomic mass is 9.94. The van der Waals surface area contributed by atoms with Crippen LogP contribution in [0.15, 0.2) is 6.20 Å². The summed E-state index contributed by atoms with van der Waals surface area (Å²) in [5, 5.41) is 7.24. The van der Waals surface area contributed by atoms with Gasteiger partial charge in [0.15, 0.2) is 0 Å². The lowest BCUT2D eigenvalue weighted by Crippen LogP contribution is -2.58. The topological polar surface area (TPSA) is 96.3 Å². The van der Waals surface area contributed by atoms with Crippen LogP contribution in [0.25, 0.3) is 0 Å². The summed E-state index contributed by atoms with van der Waals surface area (Å²) in [6.07, 6.45) is 7.43. The predicted molar refractivity (Wildman–Crippen MR) is 93.9 cm³/mol. The zero-order chi connectivity index (χ0) is 18.2. The average molecular weight is 369 g/mol. The van der Waals surface area contributed by atoms with Crippen molar-refractivity contribution in [1.82, 2.24) is 24.1 Å². The van der Waals surface area contributed by atoms with E-state index >= 15 is 0 Å². The number of aryl methyl sites for hydroxylation is 1. The van der Waals surface area contributed by atoms with Gasteiger partial charge >= 0.3 is 0 Å². The number of carbonyl (C=O) groups excluding carboxylic acids is 1. The van der Waals surface area contributed by atoms with Crippen LogP contribution in [0.5, 0.6) is 0 Å². The Bertz CT molecular complexity index is 739. The second-order valence-electron chi connectivity index (χ2n) is 7.10. The fourth-order valence-electron chi connectivity index (χ4n) is 3.71. The van der Waals surface area contributed by atoms with Crippen LogP contribution < -0.4 is 10.0 Å². The highest BCUT2D eigenvalue weighted by Crippen LogP contribution is 2.29. The third kappa shape index (κ3) is 3.73. The number of amides is 1. The molecule has 1 saturated carbocycles. The first kappa shape index (κ1) is 18.3. The van der Waals surface area contributed by atoms with E-state index in [0.717, 1.165) is 41.2 Å². The molecule has 0 aromatic carbocycles. The highest BCUT2D eigenvalue weighted by Gasteiger charge is 2.41. The molecule has 9 heteroatoms. The van der Waals surface area contributed by atoms with E-state index < -0.39 is 22.3 Å². The molecular weight excluding hydrogens is 342 g/mol. The molecule has 1 saturated heterocycles. The molecule has 0 spiro atoms. The zero-order valence-electron chi connectivity index (χ0n) is 15.0. The Morgan fingerprint density at radius 1 is 1.28 bits per heavy atom. The van der Waals surface area contributed by atoms with Crippen molar-refractivity contribution >= 4 is 16.1 Å². The number of hydrogen-bond acceptors (Lipinski definition) is 4. The predicted octanol–water partition coefficient (Wildman–Crippen LogP) is 0.757. The first-order chi connectivity index (χ1) is 11.8. The monoisotopic (exact) mass is 369 g/mol. The van der Waals surface area contributed by atoms with Crippen molar-refractivity contribution in [1.29, 1.82) is 0 Å². The van der Waals surface area contributed by atoms with Gasteiger partial charge in [0.25, 0.3) is 10.2 Å². The van der Waals surface area contributed by atoms with E-state index in [1.54, 1.807) is 10.9 Å². The Morgan fingerprint density at radius 3 is 2.56 bits per heavy atom. The minimum atomic E-state index is -3.72. The van der Waals surface area contributed by atoms with Gasteiger partial charge in [-0.15, -0.1) is 0 Å². The van der Waals surface area contributed by atoms with Crippen LogP contribution in [0, 0.1) is 6.92 Å². The van der Waals surface area contributed by atoms with E-state index in [1.165, 1.54) is 13.5 Å². The first-order valence-electron chi connectivity index (χ1n) is 8.83. The number of hydrogen-bond donors (Lipinski definition) is 2. The molecule has 1 aliphatic heterocycles. The third-order valence-electron chi connectivity index (χ3n) is 5.47. The number of aromatic nitrogens is 2. The molecule has 1 aromatic heterocycles. The fourth-order valence-corrected chi connectivity index (χ4v) is 4.98. The molecule has 2 N–H and O–H groups in total. The maximum absolute atomic E-state index is 12.8. The van der Waals surface area contributed by atoms with E-state index in [4.69, 9.17) is 0 Å². The molecule has 140 valence electrons. The molecule has 2 aliphatic rings. The number of nitrogens with one attached hydrogen (secondary N) is 2. The van der Waals surface area contributed by atoms with Gasteiger partial charge in [0.1, 0.15) is 6.04 Å². The quantitative estimate of drug-likeness (QED) is 0.822. The second kappa shape index (κ2) is 7.05. The summed E-state index contributed by atoms with van der Waals surface area (Å²) in [5.41, 5.74) is 1.71. The van der Waals surface area contributed by atoms with Crippen molar-refractivity contribution in [2.24, 2.45) is 7.05 Å². The maximum atomic E-state index is 12.8. The lowest BCUT2D eigenvalue weighted by molar-refractivity contribution is -0.126. The van der Waals surface area contributed by atoms with Crippen molar-refractivity contribution in [2.75, 3.05) is 7.05 Å². The van der Waals surface area contributed by atoms with Crippen LogP contribution in [-0.4, -0.2) is 47.5 Å². The highest BCUT2D eigenvalue weighted by molar-refractivity contribution is 7.87. The maximum Gasteiger partial charge on any atom is 0.280 e. The Morgan fingerprint density at radius 2 is 1.96 bits per heavy atom. The summed E-state index contributed by atoms with van der Waals surface area (Å²) in [6, 6.07) is -0.999. The van der Waals surface area contributed by atoms with Crippen molar-refractivity contribution in [3.8, 4) is 0 Å². The molecular formula is C16H27N5O3S. The molecule has 2 fully saturated rings. The molecule has 3 rings (SSSR count). The average Bonchev–Trinajstić information content (AvgIpc) is 2.90. The van der Waals surface area contributed by atoms with Gasteiger partial charge in [0, 0.05) is 31.4 Å². The van der Waals surface area contributed by atoms with Gasteiger partial charge in [0.05, 0.1) is 12.2 Å². The molecule has 25 heavy (non-hydrogen) atoms. The molecule has 2 unspecified atom stereocenters. The van der Waals surface area contributed by atoms with Crippen LogP contribution in [0.3, 0.4) is 0 Å². The van der Waals surface area contributed by atoms with E-state index in [9.17, 15) is 13.2 Å². The van der Waals surface area contributed by atoms with Crippen molar-refractivity contribution in [2.45, 2.75) is 63.6 Å². The number of nitrogens with zero attached hydrogens (tertiary/aromatic N) is 3. The van der Waals surface area contributed by atoms with Crippen molar-refractivity contribution in [3.05, 3.63) is 17.5 Å². The largest absolute Gasteiger partial charge is 0.352 e. The van der Waals surface area contributed by atoms with Crippen LogP contribution in [0.1, 0.15) is 55.8 Å². The van der Waals surface area contributed by atoms with Gasteiger partial charge in [-0.05, 0) is 26.2 Å². The van der Waals surface area contributed by atoms with Gasteiger partial charge < -0.3 is 5.32 Å². The minimum absolute atomic E-state index is 0.158. The molecule has 0 bridgehead atoms. The molecule has 1 amide bonds. The number of rotatable bonds is 3. The van der Waals surface area contributed by atoms with Gasteiger partial charge in [-0.1, -0.05) is 19.3 Å². The molecule has 8 nitrogen and oxygen atoms in total. The van der Waals surface area contributed by atoms with E-state index in [0.29, 0.717) is 6.42 Å². The Kier molecular flexibility index (Phi) is 5.17. The summed E-state index contributed by atoms with van der Waals surface area (Å²) in [6.45, 7) is 1.89. The van der Waals surface area contributed by atoms with Gasteiger partial charge in [-0.3, -0.25) is 9.48 Å². The van der Waals surface area contributed by atoms with Gasteiger partial charge in [-0.2, -0.15) is 22.5 Å². The SMILES string of the molecule is Cc1c(C2CC(C(=O)NC3CCCCC3)N(C)S(=O)(=O)N2)cnn1C. The van der Waals surface area contributed by atoms with Crippen LogP contribution in [0.2, 0.25) is 0 Å². The second-order valence-corrected chi connectivity index (χ2v) is 8.86. The van der Waals surface area contributed by atoms with E-state index in [1.807, 2.05) is 14.0 Å². The van der Waals surface area contributed by atoms with Crippen molar-refractivity contribution < 1.29 is 13.2 Å². The molecule has 1 aliphatic carbocycles. The first-order valence-corrected chi connectivity index (χ1v) is 10.3. The highest BCUT2D eigenvalue weighted by atomic mass is 32.2. The molecule has 2 heterocycles.